The number of amides is 1. The molecule has 1 aliphatic carbocycles. The molecule has 0 bridgehead atoms. The maximum Gasteiger partial charge on any atom is 0.495 e. The van der Waals surface area contributed by atoms with Crippen LogP contribution in [0, 0.1) is 6.92 Å². The van der Waals surface area contributed by atoms with Gasteiger partial charge in [0.1, 0.15) is 0 Å². The number of benzene rings is 2. The highest BCUT2D eigenvalue weighted by Gasteiger charge is 2.52. The SMILES string of the molecule is Cc1cc(C2CC2)ccc1C(=O)Nc1cccc(B2OC(C)(C)C(C)(C)O2)c1CO[Si](C)(C)C(C)(C)C. The molecule has 200 valence electrons. The highest BCUT2D eigenvalue weighted by molar-refractivity contribution is 6.74. The van der Waals surface area contributed by atoms with Gasteiger partial charge in [-0.2, -0.15) is 0 Å². The van der Waals surface area contributed by atoms with Crippen LogP contribution in [0.2, 0.25) is 18.1 Å². The molecule has 2 fully saturated rings. The van der Waals surface area contributed by atoms with Crippen molar-refractivity contribution in [2.75, 3.05) is 5.32 Å². The summed E-state index contributed by atoms with van der Waals surface area (Å²) in [6.45, 7) is 21.8. The maximum atomic E-state index is 13.5. The third kappa shape index (κ3) is 5.75. The Bertz CT molecular complexity index is 1160. The summed E-state index contributed by atoms with van der Waals surface area (Å²) < 4.78 is 19.5. The van der Waals surface area contributed by atoms with Crippen LogP contribution in [0.5, 0.6) is 0 Å². The van der Waals surface area contributed by atoms with Gasteiger partial charge in [0.15, 0.2) is 8.32 Å². The van der Waals surface area contributed by atoms with Crippen molar-refractivity contribution in [3.63, 3.8) is 0 Å². The van der Waals surface area contributed by atoms with Gasteiger partial charge in [0, 0.05) is 11.3 Å². The molecule has 1 heterocycles. The van der Waals surface area contributed by atoms with Crippen molar-refractivity contribution in [3.8, 4) is 0 Å². The van der Waals surface area contributed by atoms with Crippen molar-refractivity contribution >= 4 is 32.5 Å². The number of rotatable bonds is 7. The summed E-state index contributed by atoms with van der Waals surface area (Å²) in [5.41, 5.74) is 4.65. The predicted molar refractivity (Wildman–Crippen MR) is 155 cm³/mol. The van der Waals surface area contributed by atoms with E-state index in [1.54, 1.807) is 0 Å². The van der Waals surface area contributed by atoms with Crippen molar-refractivity contribution in [1.29, 1.82) is 0 Å². The fourth-order valence-corrected chi connectivity index (χ4v) is 5.28. The first-order valence-corrected chi connectivity index (χ1v) is 16.5. The molecule has 2 aliphatic rings. The van der Waals surface area contributed by atoms with Gasteiger partial charge in [0.25, 0.3) is 5.91 Å². The Morgan fingerprint density at radius 1 is 1.08 bits per heavy atom. The van der Waals surface area contributed by atoms with Crippen LogP contribution in [-0.4, -0.2) is 32.5 Å². The molecule has 0 atom stereocenters. The number of aryl methyl sites for hydroxylation is 1. The van der Waals surface area contributed by atoms with Gasteiger partial charge in [0.2, 0.25) is 0 Å². The van der Waals surface area contributed by atoms with Crippen LogP contribution >= 0.6 is 0 Å². The Balaban J connectivity index is 1.67. The first-order chi connectivity index (χ1) is 17.0. The van der Waals surface area contributed by atoms with E-state index in [-0.39, 0.29) is 10.9 Å². The zero-order valence-electron chi connectivity index (χ0n) is 24.4. The van der Waals surface area contributed by atoms with Crippen molar-refractivity contribution in [2.45, 2.75) is 110 Å². The first-order valence-electron chi connectivity index (χ1n) is 13.6. The van der Waals surface area contributed by atoms with Crippen LogP contribution in [0.1, 0.15) is 94.3 Å². The van der Waals surface area contributed by atoms with Gasteiger partial charge in [-0.05, 0) is 106 Å². The Kier molecular flexibility index (Phi) is 7.34. The van der Waals surface area contributed by atoms with Crippen molar-refractivity contribution in [1.82, 2.24) is 0 Å². The molecule has 1 saturated carbocycles. The lowest BCUT2D eigenvalue weighted by atomic mass is 9.75. The lowest BCUT2D eigenvalue weighted by molar-refractivity contribution is 0.00578. The van der Waals surface area contributed by atoms with Gasteiger partial charge < -0.3 is 19.1 Å². The second kappa shape index (κ2) is 9.67. The average Bonchev–Trinajstić information content (AvgIpc) is 3.58. The largest absolute Gasteiger partial charge is 0.495 e. The topological polar surface area (TPSA) is 56.8 Å². The molecule has 1 aliphatic heterocycles. The summed E-state index contributed by atoms with van der Waals surface area (Å²) in [7, 11) is -2.59. The lowest BCUT2D eigenvalue weighted by Crippen LogP contribution is -2.42. The van der Waals surface area contributed by atoms with Crippen LogP contribution in [0.4, 0.5) is 5.69 Å². The van der Waals surface area contributed by atoms with E-state index in [2.05, 4.69) is 79.0 Å². The second-order valence-corrected chi connectivity index (χ2v) is 18.1. The van der Waals surface area contributed by atoms with Crippen LogP contribution in [-0.2, 0) is 20.3 Å². The molecular formula is C30H44BNO4Si. The molecule has 0 unspecified atom stereocenters. The van der Waals surface area contributed by atoms with Crippen molar-refractivity contribution in [3.05, 3.63) is 58.7 Å². The zero-order chi connectivity index (χ0) is 27.4. The molecule has 7 heteroatoms. The van der Waals surface area contributed by atoms with Gasteiger partial charge in [-0.25, -0.2) is 0 Å². The zero-order valence-corrected chi connectivity index (χ0v) is 25.4. The van der Waals surface area contributed by atoms with Crippen molar-refractivity contribution in [2.24, 2.45) is 0 Å². The first kappa shape index (κ1) is 28.1. The quantitative estimate of drug-likeness (QED) is 0.401. The number of nitrogens with one attached hydrogen (secondary N) is 1. The standard InChI is InChI=1S/C30H44BNO4Si/c1-20-18-22(21-14-15-21)16-17-23(20)27(33)32-26-13-11-12-25(31-35-29(5,6)30(7,8)36-31)24(26)19-34-37(9,10)28(2,3)4/h11-13,16-18,21H,14-15,19H2,1-10H3,(H,32,33). The summed E-state index contributed by atoms with van der Waals surface area (Å²) in [6.07, 6.45) is 2.49. The number of carbonyl (C=O) groups excluding carboxylic acids is 1. The maximum absolute atomic E-state index is 13.5. The van der Waals surface area contributed by atoms with Crippen molar-refractivity contribution < 1.29 is 18.5 Å². The Morgan fingerprint density at radius 2 is 1.70 bits per heavy atom. The smallest absolute Gasteiger partial charge is 0.412 e. The third-order valence-corrected chi connectivity index (χ3v) is 13.4. The number of anilines is 1. The van der Waals surface area contributed by atoms with E-state index < -0.39 is 26.6 Å². The van der Waals surface area contributed by atoms with Crippen LogP contribution < -0.4 is 10.8 Å². The average molecular weight is 522 g/mol. The Hall–Kier alpha value is -1.93. The highest BCUT2D eigenvalue weighted by atomic mass is 28.4. The van der Waals surface area contributed by atoms with Crippen LogP contribution in [0.25, 0.3) is 0 Å². The minimum atomic E-state index is -2.05. The monoisotopic (exact) mass is 521 g/mol. The lowest BCUT2D eigenvalue weighted by Gasteiger charge is -2.36. The summed E-state index contributed by atoms with van der Waals surface area (Å²) in [5, 5.41) is 3.26. The van der Waals surface area contributed by atoms with Gasteiger partial charge in [-0.15, -0.1) is 0 Å². The minimum absolute atomic E-state index is 0.0656. The summed E-state index contributed by atoms with van der Waals surface area (Å²) in [6, 6.07) is 12.1. The van der Waals surface area contributed by atoms with E-state index in [0.717, 1.165) is 22.3 Å². The molecule has 4 rings (SSSR count). The van der Waals surface area contributed by atoms with Crippen LogP contribution in [0.3, 0.4) is 0 Å². The molecule has 1 amide bonds. The number of carbonyl (C=O) groups is 1. The van der Waals surface area contributed by atoms with Crippen LogP contribution in [0.15, 0.2) is 36.4 Å². The predicted octanol–water partition coefficient (Wildman–Crippen LogP) is 6.95. The van der Waals surface area contributed by atoms with E-state index in [1.165, 1.54) is 18.4 Å². The molecule has 1 saturated heterocycles. The van der Waals surface area contributed by atoms with E-state index in [1.807, 2.05) is 31.2 Å². The second-order valence-electron chi connectivity index (χ2n) is 13.3. The number of hydrogen-bond acceptors (Lipinski definition) is 4. The Labute approximate surface area is 224 Å². The molecular weight excluding hydrogens is 477 g/mol. The minimum Gasteiger partial charge on any atom is -0.412 e. The fraction of sp³-hybridized carbons (Fsp3) is 0.567. The van der Waals surface area contributed by atoms with E-state index in [4.69, 9.17) is 13.7 Å². The fourth-order valence-electron chi connectivity index (χ4n) is 4.34. The van der Waals surface area contributed by atoms with Gasteiger partial charge >= 0.3 is 7.12 Å². The molecule has 1 N–H and O–H groups in total. The molecule has 37 heavy (non-hydrogen) atoms. The Morgan fingerprint density at radius 3 is 2.24 bits per heavy atom. The normalized spacial score (nSPS) is 19.2. The molecule has 5 nitrogen and oxygen atoms in total. The van der Waals surface area contributed by atoms with Gasteiger partial charge in [-0.3, -0.25) is 4.79 Å². The van der Waals surface area contributed by atoms with Gasteiger partial charge in [-0.1, -0.05) is 45.0 Å². The third-order valence-electron chi connectivity index (χ3n) is 8.90. The molecule has 2 aromatic carbocycles. The highest BCUT2D eigenvalue weighted by Crippen LogP contribution is 2.41. The summed E-state index contributed by atoms with van der Waals surface area (Å²) in [5.74, 6) is 0.547. The molecule has 0 spiro atoms. The van der Waals surface area contributed by atoms with Gasteiger partial charge in [0.05, 0.1) is 17.8 Å². The summed E-state index contributed by atoms with van der Waals surface area (Å²) in [4.78, 5) is 13.5. The summed E-state index contributed by atoms with van der Waals surface area (Å²) >= 11 is 0. The molecule has 2 aromatic rings. The number of hydrogen-bond donors (Lipinski definition) is 1. The molecule has 0 radical (unpaired) electrons. The van der Waals surface area contributed by atoms with E-state index in [9.17, 15) is 4.79 Å². The van der Waals surface area contributed by atoms with E-state index in [0.29, 0.717) is 18.1 Å². The van der Waals surface area contributed by atoms with E-state index >= 15 is 0 Å². The molecule has 0 aromatic heterocycles.